The predicted molar refractivity (Wildman–Crippen MR) is 32.8 cm³/mol. The van der Waals surface area contributed by atoms with E-state index in [9.17, 15) is 4.79 Å². The molecular formula is C6H11NO2. The molecule has 0 radical (unpaired) electrons. The first-order valence-electron chi connectivity index (χ1n) is 3.11. The molecule has 1 amide bonds. The summed E-state index contributed by atoms with van der Waals surface area (Å²) in [6.07, 6.45) is 1.69. The smallest absolute Gasteiger partial charge is 0.224 e. The molecule has 0 atom stereocenters. The predicted octanol–water partition coefficient (Wildman–Crippen LogP) is 0.213. The van der Waals surface area contributed by atoms with Crippen molar-refractivity contribution in [1.29, 1.82) is 0 Å². The zero-order valence-electron chi connectivity index (χ0n) is 5.59. The molecule has 9 heavy (non-hydrogen) atoms. The maximum atomic E-state index is 10.8. The summed E-state index contributed by atoms with van der Waals surface area (Å²) in [6.45, 7) is 1.32. The highest BCUT2D eigenvalue weighted by Gasteiger charge is 2.18. The molecule has 3 heteroatoms. The van der Waals surface area contributed by atoms with E-state index in [4.69, 9.17) is 4.74 Å². The van der Waals surface area contributed by atoms with Crippen LogP contribution in [0.1, 0.15) is 12.8 Å². The third-order valence-corrected chi connectivity index (χ3v) is 1.46. The topological polar surface area (TPSA) is 29.5 Å². The SMILES string of the molecule is COCN1CCCC1=O. The molecule has 3 nitrogen and oxygen atoms in total. The van der Waals surface area contributed by atoms with Gasteiger partial charge in [0.05, 0.1) is 0 Å². The first-order valence-corrected chi connectivity index (χ1v) is 3.11. The minimum Gasteiger partial charge on any atom is -0.364 e. The van der Waals surface area contributed by atoms with Crippen LogP contribution in [0.5, 0.6) is 0 Å². The van der Waals surface area contributed by atoms with Gasteiger partial charge in [-0.3, -0.25) is 4.79 Å². The standard InChI is InChI=1S/C6H11NO2/c1-9-5-7-4-2-3-6(7)8/h2-5H2,1H3. The lowest BCUT2D eigenvalue weighted by molar-refractivity contribution is -0.131. The van der Waals surface area contributed by atoms with E-state index in [1.54, 1.807) is 12.0 Å². The fraction of sp³-hybridized carbons (Fsp3) is 0.833. The van der Waals surface area contributed by atoms with E-state index in [0.29, 0.717) is 13.2 Å². The maximum absolute atomic E-state index is 10.8. The van der Waals surface area contributed by atoms with Crippen LogP contribution >= 0.6 is 0 Å². The summed E-state index contributed by atoms with van der Waals surface area (Å²) in [5.74, 6) is 0.219. The fourth-order valence-electron chi connectivity index (χ4n) is 0.996. The third kappa shape index (κ3) is 1.42. The Hall–Kier alpha value is -0.570. The molecule has 1 aliphatic heterocycles. The van der Waals surface area contributed by atoms with Gasteiger partial charge in [0.15, 0.2) is 0 Å². The molecule has 1 rings (SSSR count). The summed E-state index contributed by atoms with van der Waals surface area (Å²) < 4.78 is 4.80. The number of amides is 1. The number of carbonyl (C=O) groups is 1. The van der Waals surface area contributed by atoms with E-state index in [2.05, 4.69) is 0 Å². The Labute approximate surface area is 54.6 Å². The molecule has 0 aromatic carbocycles. The lowest BCUT2D eigenvalue weighted by Crippen LogP contribution is -2.26. The van der Waals surface area contributed by atoms with E-state index < -0.39 is 0 Å². The summed E-state index contributed by atoms with van der Waals surface area (Å²) in [5.41, 5.74) is 0. The Balaban J connectivity index is 2.31. The summed E-state index contributed by atoms with van der Waals surface area (Å²) in [6, 6.07) is 0. The summed E-state index contributed by atoms with van der Waals surface area (Å²) in [7, 11) is 1.60. The Kier molecular flexibility index (Phi) is 2.05. The van der Waals surface area contributed by atoms with E-state index in [1.165, 1.54) is 0 Å². The number of rotatable bonds is 2. The van der Waals surface area contributed by atoms with Crippen molar-refractivity contribution in [2.75, 3.05) is 20.4 Å². The average Bonchev–Trinajstić information content (AvgIpc) is 2.18. The molecule has 0 unspecified atom stereocenters. The van der Waals surface area contributed by atoms with Crippen LogP contribution in [0.2, 0.25) is 0 Å². The molecule has 0 bridgehead atoms. The lowest BCUT2D eigenvalue weighted by atomic mass is 10.4. The molecule has 1 aliphatic rings. The molecule has 52 valence electrons. The first-order chi connectivity index (χ1) is 4.34. The van der Waals surface area contributed by atoms with Gasteiger partial charge >= 0.3 is 0 Å². The van der Waals surface area contributed by atoms with Crippen LogP contribution < -0.4 is 0 Å². The normalized spacial score (nSPS) is 19.2. The van der Waals surface area contributed by atoms with Crippen LogP contribution in [-0.2, 0) is 9.53 Å². The molecule has 1 fully saturated rings. The van der Waals surface area contributed by atoms with Gasteiger partial charge in [0.1, 0.15) is 6.73 Å². The van der Waals surface area contributed by atoms with Crippen molar-refractivity contribution in [3.05, 3.63) is 0 Å². The van der Waals surface area contributed by atoms with E-state index in [-0.39, 0.29) is 5.91 Å². The second-order valence-corrected chi connectivity index (χ2v) is 2.18. The van der Waals surface area contributed by atoms with Crippen LogP contribution in [0.4, 0.5) is 0 Å². The van der Waals surface area contributed by atoms with Gasteiger partial charge in [-0.05, 0) is 6.42 Å². The van der Waals surface area contributed by atoms with Gasteiger partial charge in [-0.25, -0.2) is 0 Å². The fourth-order valence-corrected chi connectivity index (χ4v) is 0.996. The van der Waals surface area contributed by atoms with Crippen molar-refractivity contribution in [3.8, 4) is 0 Å². The van der Waals surface area contributed by atoms with Crippen molar-refractivity contribution in [3.63, 3.8) is 0 Å². The van der Waals surface area contributed by atoms with Gasteiger partial charge in [-0.2, -0.15) is 0 Å². The molecular weight excluding hydrogens is 118 g/mol. The highest BCUT2D eigenvalue weighted by molar-refractivity contribution is 5.77. The molecule has 0 aliphatic carbocycles. The Morgan fingerprint density at radius 3 is 3.00 bits per heavy atom. The highest BCUT2D eigenvalue weighted by Crippen LogP contribution is 2.07. The van der Waals surface area contributed by atoms with E-state index in [0.717, 1.165) is 13.0 Å². The molecule has 0 aromatic rings. The van der Waals surface area contributed by atoms with Gasteiger partial charge in [-0.15, -0.1) is 0 Å². The highest BCUT2D eigenvalue weighted by atomic mass is 16.5. The van der Waals surface area contributed by atoms with Crippen molar-refractivity contribution in [1.82, 2.24) is 4.90 Å². The Bertz CT molecular complexity index is 114. The first kappa shape index (κ1) is 6.55. The monoisotopic (exact) mass is 129 g/mol. The lowest BCUT2D eigenvalue weighted by Gasteiger charge is -2.12. The number of ether oxygens (including phenoxy) is 1. The van der Waals surface area contributed by atoms with Crippen LogP contribution in [-0.4, -0.2) is 31.2 Å². The second kappa shape index (κ2) is 2.82. The molecule has 0 spiro atoms. The number of hydrogen-bond acceptors (Lipinski definition) is 2. The van der Waals surface area contributed by atoms with Gasteiger partial charge in [-0.1, -0.05) is 0 Å². The summed E-state index contributed by atoms with van der Waals surface area (Å²) in [5, 5.41) is 0. The minimum atomic E-state index is 0.219. The van der Waals surface area contributed by atoms with E-state index in [1.807, 2.05) is 0 Å². The molecule has 1 saturated heterocycles. The average molecular weight is 129 g/mol. The summed E-state index contributed by atoms with van der Waals surface area (Å²) >= 11 is 0. The third-order valence-electron chi connectivity index (χ3n) is 1.46. The van der Waals surface area contributed by atoms with Crippen LogP contribution in [0.15, 0.2) is 0 Å². The zero-order valence-corrected chi connectivity index (χ0v) is 5.59. The maximum Gasteiger partial charge on any atom is 0.224 e. The number of methoxy groups -OCH3 is 1. The number of carbonyl (C=O) groups excluding carboxylic acids is 1. The van der Waals surface area contributed by atoms with Crippen molar-refractivity contribution in [2.24, 2.45) is 0 Å². The van der Waals surface area contributed by atoms with Gasteiger partial charge in [0.2, 0.25) is 5.91 Å². The quantitative estimate of drug-likeness (QED) is 0.533. The zero-order chi connectivity index (χ0) is 6.69. The Morgan fingerprint density at radius 2 is 2.56 bits per heavy atom. The molecule has 0 aromatic heterocycles. The van der Waals surface area contributed by atoms with E-state index >= 15 is 0 Å². The van der Waals surface area contributed by atoms with Crippen molar-refractivity contribution in [2.45, 2.75) is 12.8 Å². The summed E-state index contributed by atoms with van der Waals surface area (Å²) in [4.78, 5) is 12.5. The molecule has 0 saturated carbocycles. The van der Waals surface area contributed by atoms with Gasteiger partial charge in [0, 0.05) is 20.1 Å². The van der Waals surface area contributed by atoms with Gasteiger partial charge < -0.3 is 9.64 Å². The largest absolute Gasteiger partial charge is 0.364 e. The molecule has 1 heterocycles. The van der Waals surface area contributed by atoms with Crippen LogP contribution in [0.3, 0.4) is 0 Å². The number of likely N-dealkylation sites (tertiary alicyclic amines) is 1. The van der Waals surface area contributed by atoms with Crippen LogP contribution in [0, 0.1) is 0 Å². The number of nitrogens with zero attached hydrogens (tertiary/aromatic N) is 1. The van der Waals surface area contributed by atoms with Crippen molar-refractivity contribution >= 4 is 5.91 Å². The minimum absolute atomic E-state index is 0.219. The van der Waals surface area contributed by atoms with Crippen LogP contribution in [0.25, 0.3) is 0 Å². The second-order valence-electron chi connectivity index (χ2n) is 2.18. The van der Waals surface area contributed by atoms with Crippen molar-refractivity contribution < 1.29 is 9.53 Å². The molecule has 0 N–H and O–H groups in total. The number of hydrogen-bond donors (Lipinski definition) is 0. The Morgan fingerprint density at radius 1 is 1.78 bits per heavy atom. The van der Waals surface area contributed by atoms with Gasteiger partial charge in [0.25, 0.3) is 0 Å².